The van der Waals surface area contributed by atoms with Gasteiger partial charge >= 0.3 is 0 Å². The van der Waals surface area contributed by atoms with Gasteiger partial charge in [0.15, 0.2) is 15.7 Å². The number of aromatic nitrogens is 4. The molecule has 0 aliphatic rings. The number of aryl methyl sites for hydroxylation is 3. The van der Waals surface area contributed by atoms with Crippen LogP contribution in [0.25, 0.3) is 22.6 Å². The largest absolute Gasteiger partial charge is 0.497 e. The van der Waals surface area contributed by atoms with E-state index in [-0.39, 0.29) is 12.3 Å². The maximum absolute atomic E-state index is 12.6. The number of carbonyl (C=O) groups excluding carboxylic acids is 1. The van der Waals surface area contributed by atoms with Gasteiger partial charge in [-0.25, -0.2) is 4.98 Å². The van der Waals surface area contributed by atoms with Crippen LogP contribution in [0.4, 0.5) is 5.13 Å². The lowest BCUT2D eigenvalue weighted by atomic mass is 9.98. The number of hydrogen-bond donors (Lipinski definition) is 2. The van der Waals surface area contributed by atoms with Gasteiger partial charge in [0, 0.05) is 29.5 Å². The van der Waals surface area contributed by atoms with Gasteiger partial charge in [-0.3, -0.25) is 14.5 Å². The smallest absolute Gasteiger partial charge is 0.227 e. The molecule has 7 nitrogen and oxygen atoms in total. The number of nitrogens with one attached hydrogen (secondary N) is 2. The lowest BCUT2D eigenvalue weighted by molar-refractivity contribution is -0.116. The van der Waals surface area contributed by atoms with E-state index in [9.17, 15) is 4.79 Å². The summed E-state index contributed by atoms with van der Waals surface area (Å²) < 4.78 is 7.50. The number of aromatic amines is 1. The molecule has 0 spiro atoms. The van der Waals surface area contributed by atoms with Crippen LogP contribution in [0.5, 0.6) is 5.75 Å². The Morgan fingerprint density at radius 2 is 1.88 bits per heavy atom. The van der Waals surface area contributed by atoms with Crippen molar-refractivity contribution in [3.63, 3.8) is 0 Å². The Morgan fingerprint density at radius 3 is 2.55 bits per heavy atom. The van der Waals surface area contributed by atoms with Crippen molar-refractivity contribution in [2.45, 2.75) is 33.7 Å². The van der Waals surface area contributed by atoms with Crippen LogP contribution in [0.3, 0.4) is 0 Å². The molecule has 1 amide bonds. The summed E-state index contributed by atoms with van der Waals surface area (Å²) in [5.41, 5.74) is 6.46. The van der Waals surface area contributed by atoms with Crippen molar-refractivity contribution in [3.8, 4) is 28.4 Å². The van der Waals surface area contributed by atoms with Crippen molar-refractivity contribution in [2.24, 2.45) is 0 Å². The standard InChI is InChI=1S/C24H25N5O2S2/c1-14-11-15(2)21(16(3)12-14)19-13-33-23(25-19)26-20(30)9-10-29-22(27-28-24(29)32)17-5-7-18(31-4)8-6-17/h5-8,11-13H,9-10H2,1-4H3,(H,28,32)(H,25,26,30). The minimum atomic E-state index is -0.128. The molecule has 170 valence electrons. The lowest BCUT2D eigenvalue weighted by Gasteiger charge is -2.09. The first-order valence-corrected chi connectivity index (χ1v) is 11.8. The molecule has 0 atom stereocenters. The Balaban J connectivity index is 1.44. The normalized spacial score (nSPS) is 10.9. The maximum Gasteiger partial charge on any atom is 0.227 e. The van der Waals surface area contributed by atoms with Crippen LogP contribution in [0, 0.1) is 25.5 Å². The summed E-state index contributed by atoms with van der Waals surface area (Å²) >= 11 is 6.80. The molecular weight excluding hydrogens is 454 g/mol. The molecule has 33 heavy (non-hydrogen) atoms. The van der Waals surface area contributed by atoms with E-state index in [1.807, 2.05) is 34.2 Å². The second kappa shape index (κ2) is 9.68. The SMILES string of the molecule is COc1ccc(-c2n[nH]c(=S)n2CCC(=O)Nc2nc(-c3c(C)cc(C)cc3C)cs2)cc1. The number of carbonyl (C=O) groups is 1. The van der Waals surface area contributed by atoms with Crippen molar-refractivity contribution >= 4 is 34.6 Å². The highest BCUT2D eigenvalue weighted by Gasteiger charge is 2.14. The van der Waals surface area contributed by atoms with Crippen molar-refractivity contribution in [2.75, 3.05) is 12.4 Å². The number of nitrogens with zero attached hydrogens (tertiary/aromatic N) is 3. The van der Waals surface area contributed by atoms with Gasteiger partial charge in [-0.1, -0.05) is 17.7 Å². The fourth-order valence-electron chi connectivity index (χ4n) is 3.91. The van der Waals surface area contributed by atoms with E-state index in [0.29, 0.717) is 22.3 Å². The number of hydrogen-bond acceptors (Lipinski definition) is 6. The Morgan fingerprint density at radius 1 is 1.18 bits per heavy atom. The Hall–Kier alpha value is -3.30. The number of rotatable bonds is 7. The van der Waals surface area contributed by atoms with Crippen molar-refractivity contribution < 1.29 is 9.53 Å². The summed E-state index contributed by atoms with van der Waals surface area (Å²) in [7, 11) is 1.62. The van der Waals surface area contributed by atoms with E-state index in [4.69, 9.17) is 17.0 Å². The lowest BCUT2D eigenvalue weighted by Crippen LogP contribution is -2.15. The third-order valence-corrected chi connectivity index (χ3v) is 6.42. The first-order valence-electron chi connectivity index (χ1n) is 10.5. The molecule has 0 radical (unpaired) electrons. The predicted octanol–water partition coefficient (Wildman–Crippen LogP) is 5.69. The fraction of sp³-hybridized carbons (Fsp3) is 0.250. The molecule has 2 N–H and O–H groups in total. The van der Waals surface area contributed by atoms with Crippen LogP contribution in [0.15, 0.2) is 41.8 Å². The molecule has 9 heteroatoms. The van der Waals surface area contributed by atoms with Crippen molar-refractivity contribution in [1.29, 1.82) is 0 Å². The molecule has 0 bridgehead atoms. The van der Waals surface area contributed by atoms with Gasteiger partial charge in [-0.05, 0) is 68.4 Å². The molecule has 2 aromatic heterocycles. The average Bonchev–Trinajstić information content (AvgIpc) is 3.38. The molecule has 2 heterocycles. The van der Waals surface area contributed by atoms with Crippen molar-refractivity contribution in [3.05, 3.63) is 63.2 Å². The fourth-order valence-corrected chi connectivity index (χ4v) is 4.85. The molecule has 0 saturated carbocycles. The van der Waals surface area contributed by atoms with E-state index >= 15 is 0 Å². The Bertz CT molecular complexity index is 1330. The molecule has 4 rings (SSSR count). The molecule has 0 unspecified atom stereocenters. The van der Waals surface area contributed by atoms with E-state index < -0.39 is 0 Å². The van der Waals surface area contributed by atoms with Crippen LogP contribution < -0.4 is 10.1 Å². The summed E-state index contributed by atoms with van der Waals surface area (Å²) in [6.45, 7) is 6.66. The van der Waals surface area contributed by atoms with E-state index in [1.54, 1.807) is 7.11 Å². The minimum absolute atomic E-state index is 0.128. The molecule has 0 aliphatic heterocycles. The highest BCUT2D eigenvalue weighted by Crippen LogP contribution is 2.31. The van der Waals surface area contributed by atoms with E-state index in [2.05, 4.69) is 53.4 Å². The van der Waals surface area contributed by atoms with Gasteiger partial charge in [0.25, 0.3) is 0 Å². The number of amides is 1. The summed E-state index contributed by atoms with van der Waals surface area (Å²) in [4.78, 5) is 17.3. The maximum atomic E-state index is 12.6. The number of thiazole rings is 1. The summed E-state index contributed by atoms with van der Waals surface area (Å²) in [5, 5.41) is 12.6. The third-order valence-electron chi connectivity index (χ3n) is 5.35. The second-order valence-corrected chi connectivity index (χ2v) is 9.09. The number of H-pyrrole nitrogens is 1. The van der Waals surface area contributed by atoms with Gasteiger partial charge < -0.3 is 10.1 Å². The van der Waals surface area contributed by atoms with E-state index in [1.165, 1.54) is 28.0 Å². The zero-order valence-corrected chi connectivity index (χ0v) is 20.6. The topological polar surface area (TPSA) is 84.8 Å². The molecule has 0 aliphatic carbocycles. The zero-order valence-electron chi connectivity index (χ0n) is 18.9. The van der Waals surface area contributed by atoms with Crippen LogP contribution in [-0.4, -0.2) is 32.8 Å². The highest BCUT2D eigenvalue weighted by molar-refractivity contribution is 7.71. The molecule has 2 aromatic carbocycles. The molecule has 0 saturated heterocycles. The third kappa shape index (κ3) is 5.04. The Labute approximate surface area is 201 Å². The van der Waals surface area contributed by atoms with Crippen LogP contribution in [-0.2, 0) is 11.3 Å². The molecule has 4 aromatic rings. The number of anilines is 1. The van der Waals surface area contributed by atoms with Crippen LogP contribution in [0.2, 0.25) is 0 Å². The zero-order chi connectivity index (χ0) is 23.5. The van der Waals surface area contributed by atoms with Crippen molar-refractivity contribution in [1.82, 2.24) is 19.7 Å². The number of methoxy groups -OCH3 is 1. The van der Waals surface area contributed by atoms with Gasteiger partial charge in [0.05, 0.1) is 12.8 Å². The van der Waals surface area contributed by atoms with Gasteiger partial charge in [-0.2, -0.15) is 5.10 Å². The molecular formula is C24H25N5O2S2. The molecule has 0 fully saturated rings. The monoisotopic (exact) mass is 479 g/mol. The van der Waals surface area contributed by atoms with Gasteiger partial charge in [0.1, 0.15) is 5.75 Å². The average molecular weight is 480 g/mol. The summed E-state index contributed by atoms with van der Waals surface area (Å²) in [5.74, 6) is 1.31. The Kier molecular flexibility index (Phi) is 6.71. The van der Waals surface area contributed by atoms with Gasteiger partial charge in [0.2, 0.25) is 5.91 Å². The first-order chi connectivity index (χ1) is 15.9. The second-order valence-electron chi connectivity index (χ2n) is 7.84. The number of ether oxygens (including phenoxy) is 1. The first kappa shape index (κ1) is 22.9. The number of benzene rings is 2. The summed E-state index contributed by atoms with van der Waals surface area (Å²) in [6.07, 6.45) is 0.245. The quantitative estimate of drug-likeness (QED) is 0.333. The van der Waals surface area contributed by atoms with Gasteiger partial charge in [-0.15, -0.1) is 11.3 Å². The van der Waals surface area contributed by atoms with Crippen LogP contribution >= 0.6 is 23.6 Å². The predicted molar refractivity (Wildman–Crippen MR) is 134 cm³/mol. The summed E-state index contributed by atoms with van der Waals surface area (Å²) in [6, 6.07) is 11.8. The highest BCUT2D eigenvalue weighted by atomic mass is 32.1. The minimum Gasteiger partial charge on any atom is -0.497 e. The van der Waals surface area contributed by atoms with Crippen LogP contribution in [0.1, 0.15) is 23.1 Å². The van der Waals surface area contributed by atoms with E-state index in [0.717, 1.165) is 22.6 Å².